The molecule has 0 spiro atoms. The maximum atomic E-state index is 12.9. The largest absolute Gasteiger partial charge is 0.351 e. The molecule has 106 valence electrons. The summed E-state index contributed by atoms with van der Waals surface area (Å²) in [4.78, 5) is 16.0. The number of benzene rings is 1. The van der Waals surface area contributed by atoms with E-state index in [1.165, 1.54) is 24.7 Å². The minimum absolute atomic E-state index is 0.0392. The highest BCUT2D eigenvalue weighted by molar-refractivity contribution is 5.92. The monoisotopic (exact) mass is 276 g/mol. The molecule has 3 N–H and O–H groups in total. The smallest absolute Gasteiger partial charge is 0.269 e. The van der Waals surface area contributed by atoms with Crippen molar-refractivity contribution in [2.75, 3.05) is 6.54 Å². The fourth-order valence-electron chi connectivity index (χ4n) is 1.77. The quantitative estimate of drug-likeness (QED) is 0.868. The van der Waals surface area contributed by atoms with Crippen LogP contribution >= 0.6 is 0 Å². The first-order chi connectivity index (χ1) is 9.58. The maximum absolute atomic E-state index is 12.9. The Morgan fingerprint density at radius 2 is 2.15 bits per heavy atom. The van der Waals surface area contributed by atoms with E-state index < -0.39 is 0 Å². The van der Waals surface area contributed by atoms with Crippen molar-refractivity contribution < 1.29 is 9.18 Å². The van der Waals surface area contributed by atoms with Crippen molar-refractivity contribution in [2.24, 2.45) is 5.73 Å². The number of hydrogen-bond donors (Lipinski definition) is 2. The van der Waals surface area contributed by atoms with E-state index in [4.69, 9.17) is 5.73 Å². The molecule has 0 bridgehead atoms. The second-order valence-corrected chi connectivity index (χ2v) is 4.65. The maximum Gasteiger partial charge on any atom is 0.269 e. The van der Waals surface area contributed by atoms with Gasteiger partial charge in [-0.1, -0.05) is 0 Å². The molecule has 1 aromatic heterocycles. The van der Waals surface area contributed by atoms with Crippen LogP contribution in [-0.2, 0) is 0 Å². The summed E-state index contributed by atoms with van der Waals surface area (Å²) in [5.41, 5.74) is 6.71. The van der Waals surface area contributed by atoms with Crippen LogP contribution in [0.15, 0.2) is 36.8 Å². The normalized spacial score (nSPS) is 12.2. The highest BCUT2D eigenvalue weighted by atomic mass is 19.1. The van der Waals surface area contributed by atoms with Crippen molar-refractivity contribution in [1.29, 1.82) is 0 Å². The number of nitrogens with zero attached hydrogens (tertiary/aromatic N) is 2. The third-order valence-electron chi connectivity index (χ3n) is 2.86. The van der Waals surface area contributed by atoms with Crippen LogP contribution in [0.4, 0.5) is 4.39 Å². The van der Waals surface area contributed by atoms with E-state index in [9.17, 15) is 9.18 Å². The number of carbonyl (C=O) groups is 1. The van der Waals surface area contributed by atoms with Crippen LogP contribution in [0.1, 0.15) is 23.8 Å². The van der Waals surface area contributed by atoms with Crippen LogP contribution in [0, 0.1) is 5.82 Å². The second-order valence-electron chi connectivity index (χ2n) is 4.65. The highest BCUT2D eigenvalue weighted by Crippen LogP contribution is 2.12. The lowest BCUT2D eigenvalue weighted by Gasteiger charge is -2.10. The van der Waals surface area contributed by atoms with E-state index in [1.807, 2.05) is 6.92 Å². The lowest BCUT2D eigenvalue weighted by Crippen LogP contribution is -2.30. The van der Waals surface area contributed by atoms with Crippen LogP contribution < -0.4 is 11.1 Å². The molecule has 5 nitrogen and oxygen atoms in total. The predicted molar refractivity (Wildman–Crippen MR) is 74.1 cm³/mol. The van der Waals surface area contributed by atoms with Gasteiger partial charge in [0.25, 0.3) is 5.91 Å². The summed E-state index contributed by atoms with van der Waals surface area (Å²) in [6.45, 7) is 2.39. The van der Waals surface area contributed by atoms with Crippen molar-refractivity contribution in [2.45, 2.75) is 19.4 Å². The number of carbonyl (C=O) groups excluding carboxylic acids is 1. The average molecular weight is 276 g/mol. The van der Waals surface area contributed by atoms with Crippen LogP contribution in [0.25, 0.3) is 5.69 Å². The summed E-state index contributed by atoms with van der Waals surface area (Å²) < 4.78 is 14.5. The van der Waals surface area contributed by atoms with Gasteiger partial charge in [-0.25, -0.2) is 9.37 Å². The first kappa shape index (κ1) is 14.2. The summed E-state index contributed by atoms with van der Waals surface area (Å²) >= 11 is 0. The number of rotatable bonds is 5. The molecule has 6 heteroatoms. The van der Waals surface area contributed by atoms with Gasteiger partial charge in [0, 0.05) is 18.3 Å². The van der Waals surface area contributed by atoms with Gasteiger partial charge in [-0.2, -0.15) is 0 Å². The molecule has 1 unspecified atom stereocenters. The standard InChI is InChI=1S/C14H17FN4O/c1-10(16)6-7-18-14(20)13-8-17-9-19(13)12-4-2-11(15)3-5-12/h2-5,8-10H,6-7,16H2,1H3,(H,18,20). The zero-order chi connectivity index (χ0) is 14.5. The number of nitrogens with one attached hydrogen (secondary N) is 1. The molecule has 1 aromatic carbocycles. The third-order valence-corrected chi connectivity index (χ3v) is 2.86. The topological polar surface area (TPSA) is 72.9 Å². The lowest BCUT2D eigenvalue weighted by molar-refractivity contribution is 0.0946. The minimum atomic E-state index is -0.322. The van der Waals surface area contributed by atoms with Crippen molar-refractivity contribution in [3.63, 3.8) is 0 Å². The Morgan fingerprint density at radius 1 is 1.45 bits per heavy atom. The Hall–Kier alpha value is -2.21. The third kappa shape index (κ3) is 3.42. The summed E-state index contributed by atoms with van der Waals surface area (Å²) in [6, 6.07) is 5.91. The molecule has 2 rings (SSSR count). The number of amides is 1. The number of halogens is 1. The van der Waals surface area contributed by atoms with Crippen LogP contribution in [0.3, 0.4) is 0 Å². The Labute approximate surface area is 116 Å². The van der Waals surface area contributed by atoms with E-state index in [-0.39, 0.29) is 17.8 Å². The van der Waals surface area contributed by atoms with Crippen LogP contribution in [-0.4, -0.2) is 28.0 Å². The highest BCUT2D eigenvalue weighted by Gasteiger charge is 2.12. The van der Waals surface area contributed by atoms with E-state index >= 15 is 0 Å². The zero-order valence-electron chi connectivity index (χ0n) is 11.2. The van der Waals surface area contributed by atoms with Crippen LogP contribution in [0.5, 0.6) is 0 Å². The predicted octanol–water partition coefficient (Wildman–Crippen LogP) is 1.48. The number of aromatic nitrogens is 2. The molecule has 0 aliphatic heterocycles. The van der Waals surface area contributed by atoms with Gasteiger partial charge in [-0.05, 0) is 37.6 Å². The fourth-order valence-corrected chi connectivity index (χ4v) is 1.77. The molecule has 1 amide bonds. The van der Waals surface area contributed by atoms with E-state index in [2.05, 4.69) is 10.3 Å². The molecule has 0 aliphatic carbocycles. The second kappa shape index (κ2) is 6.29. The first-order valence-electron chi connectivity index (χ1n) is 6.40. The van der Waals surface area contributed by atoms with Gasteiger partial charge in [-0.15, -0.1) is 0 Å². The number of imidazole rings is 1. The molecule has 1 atom stereocenters. The Bertz CT molecular complexity index is 577. The first-order valence-corrected chi connectivity index (χ1v) is 6.40. The summed E-state index contributed by atoms with van der Waals surface area (Å²) in [7, 11) is 0. The van der Waals surface area contributed by atoms with E-state index in [1.54, 1.807) is 16.7 Å². The SMILES string of the molecule is CC(N)CCNC(=O)c1cncn1-c1ccc(F)cc1. The lowest BCUT2D eigenvalue weighted by atomic mass is 10.2. The average Bonchev–Trinajstić information content (AvgIpc) is 2.88. The Morgan fingerprint density at radius 3 is 2.80 bits per heavy atom. The summed E-state index contributed by atoms with van der Waals surface area (Å²) in [5, 5.41) is 2.78. The van der Waals surface area contributed by atoms with Gasteiger partial charge in [0.15, 0.2) is 0 Å². The Kier molecular flexibility index (Phi) is 4.47. The van der Waals surface area contributed by atoms with Crippen molar-refractivity contribution in [3.05, 3.63) is 48.3 Å². The molecule has 20 heavy (non-hydrogen) atoms. The summed E-state index contributed by atoms with van der Waals surface area (Å²) in [6.07, 6.45) is 3.70. The van der Waals surface area contributed by atoms with Gasteiger partial charge in [0.05, 0.1) is 12.5 Å². The molecule has 0 radical (unpaired) electrons. The van der Waals surface area contributed by atoms with Crippen molar-refractivity contribution >= 4 is 5.91 Å². The van der Waals surface area contributed by atoms with Gasteiger partial charge in [0.1, 0.15) is 11.5 Å². The molecule has 0 fully saturated rings. The molecule has 0 saturated heterocycles. The van der Waals surface area contributed by atoms with E-state index in [0.29, 0.717) is 24.3 Å². The van der Waals surface area contributed by atoms with Crippen molar-refractivity contribution in [3.8, 4) is 5.69 Å². The molecule has 1 heterocycles. The number of nitrogens with two attached hydrogens (primary N) is 1. The molecular weight excluding hydrogens is 259 g/mol. The van der Waals surface area contributed by atoms with Crippen LogP contribution in [0.2, 0.25) is 0 Å². The van der Waals surface area contributed by atoms with Crippen molar-refractivity contribution in [1.82, 2.24) is 14.9 Å². The zero-order valence-corrected chi connectivity index (χ0v) is 11.2. The van der Waals surface area contributed by atoms with Gasteiger partial charge in [0.2, 0.25) is 0 Å². The summed E-state index contributed by atoms with van der Waals surface area (Å²) in [5.74, 6) is -0.552. The van der Waals surface area contributed by atoms with E-state index in [0.717, 1.165) is 0 Å². The Balaban J connectivity index is 2.12. The fraction of sp³-hybridized carbons (Fsp3) is 0.286. The van der Waals surface area contributed by atoms with Gasteiger partial charge < -0.3 is 11.1 Å². The van der Waals surface area contributed by atoms with Gasteiger partial charge in [-0.3, -0.25) is 9.36 Å². The molecule has 0 aliphatic rings. The molecule has 0 saturated carbocycles. The minimum Gasteiger partial charge on any atom is -0.351 e. The number of hydrogen-bond acceptors (Lipinski definition) is 3. The van der Waals surface area contributed by atoms with Gasteiger partial charge >= 0.3 is 0 Å². The molecule has 2 aromatic rings. The molecular formula is C14H17FN4O.